The first-order valence-electron chi connectivity index (χ1n) is 9.62. The predicted molar refractivity (Wildman–Crippen MR) is 100 cm³/mol. The Morgan fingerprint density at radius 1 is 1.21 bits per heavy atom. The van der Waals surface area contributed by atoms with Crippen molar-refractivity contribution in [2.24, 2.45) is 17.6 Å². The van der Waals surface area contributed by atoms with Crippen molar-refractivity contribution in [3.05, 3.63) is 29.8 Å². The van der Waals surface area contributed by atoms with Gasteiger partial charge >= 0.3 is 0 Å². The molecule has 3 nitrogen and oxygen atoms in total. The number of aryl methyl sites for hydroxylation is 1. The number of aliphatic hydroxyl groups excluding tert-OH is 1. The van der Waals surface area contributed by atoms with Gasteiger partial charge in [-0.25, -0.2) is 0 Å². The number of nitrogens with two attached hydrogens (primary N) is 1. The van der Waals surface area contributed by atoms with Crippen LogP contribution in [-0.2, 0) is 6.42 Å². The molecule has 0 heterocycles. The fourth-order valence-electron chi connectivity index (χ4n) is 3.13. The van der Waals surface area contributed by atoms with Crippen LogP contribution in [0.5, 0.6) is 5.75 Å². The SMILES string of the molecule is CC(C)CCCCOc1ccc(CC[C@@](N)(CO)CC2CC2)cc1. The molecule has 2 rings (SSSR count). The number of hydrogen-bond acceptors (Lipinski definition) is 3. The van der Waals surface area contributed by atoms with Crippen LogP contribution >= 0.6 is 0 Å². The summed E-state index contributed by atoms with van der Waals surface area (Å²) in [6.45, 7) is 5.40. The van der Waals surface area contributed by atoms with Crippen LogP contribution in [0.25, 0.3) is 0 Å². The van der Waals surface area contributed by atoms with E-state index in [-0.39, 0.29) is 6.61 Å². The Balaban J connectivity index is 1.69. The number of ether oxygens (including phenoxy) is 1. The maximum atomic E-state index is 9.61. The van der Waals surface area contributed by atoms with Crippen LogP contribution in [0, 0.1) is 11.8 Å². The summed E-state index contributed by atoms with van der Waals surface area (Å²) in [6.07, 6.45) is 8.90. The molecule has 3 N–H and O–H groups in total. The van der Waals surface area contributed by atoms with Crippen molar-refractivity contribution in [2.75, 3.05) is 13.2 Å². The molecular weight excluding hydrogens is 298 g/mol. The van der Waals surface area contributed by atoms with Gasteiger partial charge in [0.05, 0.1) is 13.2 Å². The van der Waals surface area contributed by atoms with Gasteiger partial charge < -0.3 is 15.6 Å². The van der Waals surface area contributed by atoms with Gasteiger partial charge in [-0.1, -0.05) is 45.2 Å². The van der Waals surface area contributed by atoms with Crippen molar-refractivity contribution in [1.82, 2.24) is 0 Å². The van der Waals surface area contributed by atoms with Crippen molar-refractivity contribution >= 4 is 0 Å². The first-order chi connectivity index (χ1) is 11.5. The Kier molecular flexibility index (Phi) is 7.57. The standard InChI is InChI=1S/C21H35NO2/c1-17(2)5-3-4-14-24-20-10-8-18(9-11-20)12-13-21(22,16-23)15-19-6-7-19/h8-11,17,19,23H,3-7,12-16,22H2,1-2H3/t21-/m0/s1. The van der Waals surface area contributed by atoms with Gasteiger partial charge in [0.25, 0.3) is 0 Å². The zero-order valence-electron chi connectivity index (χ0n) is 15.5. The Bertz CT molecular complexity index is 467. The Hall–Kier alpha value is -1.06. The summed E-state index contributed by atoms with van der Waals surface area (Å²) >= 11 is 0. The average molecular weight is 334 g/mol. The lowest BCUT2D eigenvalue weighted by atomic mass is 9.88. The third-order valence-electron chi connectivity index (χ3n) is 4.99. The number of aliphatic hydroxyl groups is 1. The summed E-state index contributed by atoms with van der Waals surface area (Å²) in [5, 5.41) is 9.61. The molecule has 1 fully saturated rings. The van der Waals surface area contributed by atoms with Crippen molar-refractivity contribution in [1.29, 1.82) is 0 Å². The average Bonchev–Trinajstić information content (AvgIpc) is 3.37. The van der Waals surface area contributed by atoms with Gasteiger partial charge in [-0.3, -0.25) is 0 Å². The second kappa shape index (κ2) is 9.43. The highest BCUT2D eigenvalue weighted by atomic mass is 16.5. The molecule has 0 bridgehead atoms. The van der Waals surface area contributed by atoms with Gasteiger partial charge in [0.2, 0.25) is 0 Å². The zero-order valence-corrected chi connectivity index (χ0v) is 15.5. The lowest BCUT2D eigenvalue weighted by Gasteiger charge is -2.27. The van der Waals surface area contributed by atoms with Crippen LogP contribution in [0.3, 0.4) is 0 Å². The summed E-state index contributed by atoms with van der Waals surface area (Å²) in [6, 6.07) is 8.35. The van der Waals surface area contributed by atoms with Gasteiger partial charge in [-0.05, 0) is 61.6 Å². The summed E-state index contributed by atoms with van der Waals surface area (Å²) < 4.78 is 5.81. The van der Waals surface area contributed by atoms with E-state index in [1.165, 1.54) is 31.2 Å². The van der Waals surface area contributed by atoms with Gasteiger partial charge in [0.15, 0.2) is 0 Å². The molecule has 1 aliphatic carbocycles. The highest BCUT2D eigenvalue weighted by Crippen LogP contribution is 2.37. The minimum absolute atomic E-state index is 0.0844. The molecule has 0 aliphatic heterocycles. The van der Waals surface area contributed by atoms with Gasteiger partial charge in [-0.15, -0.1) is 0 Å². The molecule has 136 valence electrons. The molecular formula is C21H35NO2. The van der Waals surface area contributed by atoms with E-state index in [0.717, 1.165) is 49.9 Å². The van der Waals surface area contributed by atoms with Gasteiger partial charge in [-0.2, -0.15) is 0 Å². The molecule has 1 saturated carbocycles. The van der Waals surface area contributed by atoms with E-state index in [2.05, 4.69) is 38.1 Å². The lowest BCUT2D eigenvalue weighted by molar-refractivity contribution is 0.172. The zero-order chi connectivity index (χ0) is 17.4. The number of rotatable bonds is 12. The first kappa shape index (κ1) is 19.3. The van der Waals surface area contributed by atoms with Crippen LogP contribution < -0.4 is 10.5 Å². The number of hydrogen-bond donors (Lipinski definition) is 2. The van der Waals surface area contributed by atoms with E-state index in [1.807, 2.05) is 0 Å². The minimum Gasteiger partial charge on any atom is -0.494 e. The molecule has 0 aromatic heterocycles. The third kappa shape index (κ3) is 7.23. The van der Waals surface area contributed by atoms with Gasteiger partial charge in [0, 0.05) is 5.54 Å². The van der Waals surface area contributed by atoms with Gasteiger partial charge in [0.1, 0.15) is 5.75 Å². The molecule has 0 saturated heterocycles. The molecule has 1 aromatic carbocycles. The van der Waals surface area contributed by atoms with Crippen LogP contribution in [-0.4, -0.2) is 23.9 Å². The maximum Gasteiger partial charge on any atom is 0.119 e. The first-order valence-corrected chi connectivity index (χ1v) is 9.62. The molecule has 3 heteroatoms. The van der Waals surface area contributed by atoms with Crippen molar-refractivity contribution < 1.29 is 9.84 Å². The topological polar surface area (TPSA) is 55.5 Å². The maximum absolute atomic E-state index is 9.61. The lowest BCUT2D eigenvalue weighted by Crippen LogP contribution is -2.44. The number of unbranched alkanes of at least 4 members (excludes halogenated alkanes) is 1. The van der Waals surface area contributed by atoms with Crippen LogP contribution in [0.4, 0.5) is 0 Å². The quantitative estimate of drug-likeness (QED) is 0.560. The molecule has 0 spiro atoms. The summed E-state index contributed by atoms with van der Waals surface area (Å²) in [5.41, 5.74) is 7.21. The minimum atomic E-state index is -0.410. The molecule has 1 aliphatic rings. The molecule has 0 radical (unpaired) electrons. The monoisotopic (exact) mass is 333 g/mol. The second-order valence-electron chi connectivity index (χ2n) is 8.05. The molecule has 1 atom stereocenters. The fraction of sp³-hybridized carbons (Fsp3) is 0.714. The molecule has 0 unspecified atom stereocenters. The van der Waals surface area contributed by atoms with Crippen molar-refractivity contribution in [3.63, 3.8) is 0 Å². The fourth-order valence-corrected chi connectivity index (χ4v) is 3.13. The second-order valence-corrected chi connectivity index (χ2v) is 8.05. The van der Waals surface area contributed by atoms with Crippen LogP contribution in [0.2, 0.25) is 0 Å². The number of benzene rings is 1. The van der Waals surface area contributed by atoms with E-state index in [1.54, 1.807) is 0 Å². The van der Waals surface area contributed by atoms with Crippen molar-refractivity contribution in [2.45, 2.75) is 70.8 Å². The molecule has 24 heavy (non-hydrogen) atoms. The largest absolute Gasteiger partial charge is 0.494 e. The molecule has 1 aromatic rings. The summed E-state index contributed by atoms with van der Waals surface area (Å²) in [7, 11) is 0. The van der Waals surface area contributed by atoms with Crippen LogP contribution in [0.1, 0.15) is 64.4 Å². The smallest absolute Gasteiger partial charge is 0.119 e. The van der Waals surface area contributed by atoms with E-state index >= 15 is 0 Å². The van der Waals surface area contributed by atoms with E-state index in [9.17, 15) is 5.11 Å². The molecule has 0 amide bonds. The highest BCUT2D eigenvalue weighted by Gasteiger charge is 2.33. The summed E-state index contributed by atoms with van der Waals surface area (Å²) in [5.74, 6) is 2.47. The highest BCUT2D eigenvalue weighted by molar-refractivity contribution is 5.27. The Morgan fingerprint density at radius 2 is 1.92 bits per heavy atom. The Morgan fingerprint density at radius 3 is 2.50 bits per heavy atom. The van der Waals surface area contributed by atoms with Crippen molar-refractivity contribution in [3.8, 4) is 5.75 Å². The Labute approximate surface area is 147 Å². The normalized spacial score (nSPS) is 17.0. The van der Waals surface area contributed by atoms with E-state index in [0.29, 0.717) is 0 Å². The predicted octanol–water partition coefficient (Wildman–Crippen LogP) is 4.31. The van der Waals surface area contributed by atoms with E-state index in [4.69, 9.17) is 10.5 Å². The third-order valence-corrected chi connectivity index (χ3v) is 4.99. The van der Waals surface area contributed by atoms with E-state index < -0.39 is 5.54 Å². The van der Waals surface area contributed by atoms with Crippen LogP contribution in [0.15, 0.2) is 24.3 Å². The summed E-state index contributed by atoms with van der Waals surface area (Å²) in [4.78, 5) is 0.